The molecule has 0 saturated carbocycles. The molecule has 0 amide bonds. The molecule has 0 fully saturated rings. The monoisotopic (exact) mass is 405 g/mol. The summed E-state index contributed by atoms with van der Waals surface area (Å²) in [5.74, 6) is 1.25. The van der Waals surface area contributed by atoms with E-state index in [1.165, 1.54) is 23.9 Å². The standard InChI is InChI=1S/C18H19N3O4S2/c1-3-21-16-6-5-14(27(19,23)24)9-15(16)20-18(21)26-11-13-8-12(10-22)4-7-17(13)25-2/h4-10H,3,11H2,1-2H3,(H2,19,23,24). The number of aryl methyl sites for hydroxylation is 1. The molecule has 7 nitrogen and oxygen atoms in total. The predicted octanol–water partition coefficient (Wildman–Crippen LogP) is 2.82. The van der Waals surface area contributed by atoms with Crippen molar-refractivity contribution in [2.24, 2.45) is 5.14 Å². The molecule has 2 aromatic carbocycles. The number of hydrogen-bond acceptors (Lipinski definition) is 6. The van der Waals surface area contributed by atoms with Crippen LogP contribution in [-0.4, -0.2) is 31.4 Å². The smallest absolute Gasteiger partial charge is 0.238 e. The third-order valence-corrected chi connectivity index (χ3v) is 6.06. The van der Waals surface area contributed by atoms with E-state index in [9.17, 15) is 13.2 Å². The molecule has 0 aliphatic carbocycles. The average molecular weight is 406 g/mol. The van der Waals surface area contributed by atoms with Crippen LogP contribution in [-0.2, 0) is 22.3 Å². The van der Waals surface area contributed by atoms with E-state index in [0.717, 1.165) is 22.5 Å². The van der Waals surface area contributed by atoms with Crippen LogP contribution in [0.1, 0.15) is 22.8 Å². The number of fused-ring (bicyclic) bond motifs is 1. The number of ether oxygens (including phenoxy) is 1. The van der Waals surface area contributed by atoms with E-state index in [-0.39, 0.29) is 4.90 Å². The summed E-state index contributed by atoms with van der Waals surface area (Å²) in [6.07, 6.45) is 0.795. The van der Waals surface area contributed by atoms with Crippen molar-refractivity contribution in [2.75, 3.05) is 7.11 Å². The number of primary sulfonamides is 1. The fourth-order valence-corrected chi connectivity index (χ4v) is 4.40. The van der Waals surface area contributed by atoms with E-state index >= 15 is 0 Å². The first-order valence-electron chi connectivity index (χ1n) is 8.15. The zero-order chi connectivity index (χ0) is 19.6. The van der Waals surface area contributed by atoms with Gasteiger partial charge in [0.25, 0.3) is 0 Å². The minimum Gasteiger partial charge on any atom is -0.496 e. The molecule has 0 radical (unpaired) electrons. The van der Waals surface area contributed by atoms with Gasteiger partial charge in [0, 0.05) is 23.4 Å². The Morgan fingerprint density at radius 2 is 2.04 bits per heavy atom. The first-order valence-corrected chi connectivity index (χ1v) is 10.7. The molecule has 0 aliphatic rings. The molecule has 1 aromatic heterocycles. The summed E-state index contributed by atoms with van der Waals surface area (Å²) < 4.78 is 30.5. The number of carbonyl (C=O) groups excluding carboxylic acids is 1. The predicted molar refractivity (Wildman–Crippen MR) is 105 cm³/mol. The molecule has 0 atom stereocenters. The van der Waals surface area contributed by atoms with Crippen molar-refractivity contribution in [1.82, 2.24) is 9.55 Å². The van der Waals surface area contributed by atoms with Crippen LogP contribution in [0.3, 0.4) is 0 Å². The van der Waals surface area contributed by atoms with Gasteiger partial charge in [-0.25, -0.2) is 18.5 Å². The summed E-state index contributed by atoms with van der Waals surface area (Å²) in [5, 5.41) is 5.96. The molecule has 3 aromatic rings. The van der Waals surface area contributed by atoms with Gasteiger partial charge in [-0.2, -0.15) is 0 Å². The number of carbonyl (C=O) groups is 1. The van der Waals surface area contributed by atoms with E-state index in [1.807, 2.05) is 11.5 Å². The lowest BCUT2D eigenvalue weighted by Gasteiger charge is -2.10. The zero-order valence-electron chi connectivity index (χ0n) is 14.9. The molecule has 0 aliphatic heterocycles. The number of methoxy groups -OCH3 is 1. The molecular weight excluding hydrogens is 386 g/mol. The van der Waals surface area contributed by atoms with Gasteiger partial charge in [0.15, 0.2) is 5.16 Å². The Kier molecular flexibility index (Phi) is 5.54. The number of nitrogens with two attached hydrogens (primary N) is 1. The third kappa shape index (κ3) is 4.00. The quantitative estimate of drug-likeness (QED) is 0.479. The number of thioether (sulfide) groups is 1. The number of aromatic nitrogens is 2. The van der Waals surface area contributed by atoms with Gasteiger partial charge in [0.1, 0.15) is 12.0 Å². The molecule has 0 saturated heterocycles. The van der Waals surface area contributed by atoms with Crippen LogP contribution < -0.4 is 9.88 Å². The summed E-state index contributed by atoms with van der Waals surface area (Å²) in [7, 11) is -2.20. The molecule has 9 heteroatoms. The van der Waals surface area contributed by atoms with E-state index in [2.05, 4.69) is 4.98 Å². The van der Waals surface area contributed by atoms with Crippen molar-refractivity contribution < 1.29 is 17.9 Å². The Bertz CT molecular complexity index is 1110. The number of benzene rings is 2. The van der Waals surface area contributed by atoms with Crippen LogP contribution in [0.25, 0.3) is 11.0 Å². The van der Waals surface area contributed by atoms with Gasteiger partial charge in [0.2, 0.25) is 10.0 Å². The SMILES string of the molecule is CCn1c(SCc2cc(C=O)ccc2OC)nc2cc(S(N)(=O)=O)ccc21. The molecular formula is C18H19N3O4S2. The van der Waals surface area contributed by atoms with Crippen LogP contribution in [0.4, 0.5) is 0 Å². The third-order valence-electron chi connectivity index (χ3n) is 4.13. The van der Waals surface area contributed by atoms with Crippen LogP contribution in [0.15, 0.2) is 46.5 Å². The highest BCUT2D eigenvalue weighted by atomic mass is 32.2. The lowest BCUT2D eigenvalue weighted by atomic mass is 10.1. The van der Waals surface area contributed by atoms with Gasteiger partial charge in [0.05, 0.1) is 23.0 Å². The molecule has 0 spiro atoms. The van der Waals surface area contributed by atoms with Crippen molar-refractivity contribution in [3.8, 4) is 5.75 Å². The highest BCUT2D eigenvalue weighted by Crippen LogP contribution is 2.31. The van der Waals surface area contributed by atoms with Crippen molar-refractivity contribution >= 4 is 39.1 Å². The summed E-state index contributed by atoms with van der Waals surface area (Å²) in [5.41, 5.74) is 2.86. The Labute approximate surface area is 161 Å². The molecule has 142 valence electrons. The molecule has 1 heterocycles. The van der Waals surface area contributed by atoms with Crippen molar-refractivity contribution in [3.05, 3.63) is 47.5 Å². The molecule has 3 rings (SSSR count). The second-order valence-corrected chi connectivity index (χ2v) is 8.32. The van der Waals surface area contributed by atoms with Gasteiger partial charge < -0.3 is 9.30 Å². The van der Waals surface area contributed by atoms with E-state index in [0.29, 0.717) is 29.1 Å². The highest BCUT2D eigenvalue weighted by molar-refractivity contribution is 7.98. The van der Waals surface area contributed by atoms with E-state index in [4.69, 9.17) is 9.88 Å². The van der Waals surface area contributed by atoms with Crippen LogP contribution in [0.5, 0.6) is 5.75 Å². The summed E-state index contributed by atoms with van der Waals surface area (Å²) in [6.45, 7) is 2.67. The minimum absolute atomic E-state index is 0.0349. The van der Waals surface area contributed by atoms with Gasteiger partial charge in [-0.05, 0) is 43.3 Å². The average Bonchev–Trinajstić information content (AvgIpc) is 3.01. The fraction of sp³-hybridized carbons (Fsp3) is 0.222. The Morgan fingerprint density at radius 1 is 1.26 bits per heavy atom. The lowest BCUT2D eigenvalue weighted by molar-refractivity contribution is 0.112. The van der Waals surface area contributed by atoms with Gasteiger partial charge in [-0.3, -0.25) is 4.79 Å². The highest BCUT2D eigenvalue weighted by Gasteiger charge is 2.15. The maximum atomic E-state index is 11.6. The Morgan fingerprint density at radius 3 is 2.67 bits per heavy atom. The van der Waals surface area contributed by atoms with E-state index in [1.54, 1.807) is 31.4 Å². The number of imidazole rings is 1. The summed E-state index contributed by atoms with van der Waals surface area (Å²) in [6, 6.07) is 9.93. The molecule has 27 heavy (non-hydrogen) atoms. The van der Waals surface area contributed by atoms with Crippen molar-refractivity contribution in [2.45, 2.75) is 29.3 Å². The largest absolute Gasteiger partial charge is 0.496 e. The summed E-state index contributed by atoms with van der Waals surface area (Å²) >= 11 is 1.49. The number of rotatable bonds is 7. The van der Waals surface area contributed by atoms with Crippen molar-refractivity contribution in [3.63, 3.8) is 0 Å². The fourth-order valence-electron chi connectivity index (χ4n) is 2.81. The maximum Gasteiger partial charge on any atom is 0.238 e. The van der Waals surface area contributed by atoms with E-state index < -0.39 is 10.0 Å². The van der Waals surface area contributed by atoms with Gasteiger partial charge in [-0.1, -0.05) is 11.8 Å². The normalized spacial score (nSPS) is 11.7. The number of aldehydes is 1. The van der Waals surface area contributed by atoms with Crippen LogP contribution in [0, 0.1) is 0 Å². The first-order chi connectivity index (χ1) is 12.9. The second-order valence-electron chi connectivity index (χ2n) is 5.81. The number of nitrogens with zero attached hydrogens (tertiary/aromatic N) is 2. The lowest BCUT2D eigenvalue weighted by Crippen LogP contribution is -2.11. The second kappa shape index (κ2) is 7.71. The Hall–Kier alpha value is -2.36. The van der Waals surface area contributed by atoms with Gasteiger partial charge in [-0.15, -0.1) is 0 Å². The summed E-state index contributed by atoms with van der Waals surface area (Å²) in [4.78, 5) is 15.6. The number of hydrogen-bond donors (Lipinski definition) is 1. The topological polar surface area (TPSA) is 104 Å². The molecule has 2 N–H and O–H groups in total. The zero-order valence-corrected chi connectivity index (χ0v) is 16.5. The molecule has 0 bridgehead atoms. The van der Waals surface area contributed by atoms with Crippen LogP contribution >= 0.6 is 11.8 Å². The number of sulfonamides is 1. The van der Waals surface area contributed by atoms with Crippen LogP contribution in [0.2, 0.25) is 0 Å². The van der Waals surface area contributed by atoms with Gasteiger partial charge >= 0.3 is 0 Å². The maximum absolute atomic E-state index is 11.6. The Balaban J connectivity index is 1.96. The molecule has 0 unspecified atom stereocenters. The van der Waals surface area contributed by atoms with Crippen molar-refractivity contribution in [1.29, 1.82) is 0 Å². The minimum atomic E-state index is -3.78. The first kappa shape index (κ1) is 19.4.